The van der Waals surface area contributed by atoms with E-state index in [1.807, 2.05) is 84.9 Å². The molecule has 4 rings (SSSR count). The van der Waals surface area contributed by atoms with Crippen LogP contribution in [0.15, 0.2) is 98.5 Å². The predicted molar refractivity (Wildman–Crippen MR) is 117 cm³/mol. The highest BCUT2D eigenvalue weighted by molar-refractivity contribution is 9.10. The van der Waals surface area contributed by atoms with Gasteiger partial charge < -0.3 is 0 Å². The van der Waals surface area contributed by atoms with E-state index in [9.17, 15) is 4.79 Å². The summed E-state index contributed by atoms with van der Waals surface area (Å²) in [7, 11) is 0. The highest BCUT2D eigenvalue weighted by Crippen LogP contribution is 2.29. The Bertz CT molecular complexity index is 1040. The van der Waals surface area contributed by atoms with Gasteiger partial charge >= 0.3 is 0 Å². The zero-order valence-corrected chi connectivity index (χ0v) is 17.3. The summed E-state index contributed by atoms with van der Waals surface area (Å²) in [4.78, 5) is 13.2. The van der Waals surface area contributed by atoms with Gasteiger partial charge in [-0.1, -0.05) is 74.3 Å². The number of hydrogen-bond acceptors (Lipinski definition) is 2. The maximum atomic E-state index is 13.2. The van der Waals surface area contributed by atoms with Crippen molar-refractivity contribution >= 4 is 55.2 Å². The number of halogens is 2. The molecule has 0 radical (unpaired) electrons. The summed E-state index contributed by atoms with van der Waals surface area (Å²) in [5, 5.41) is 6.10. The van der Waals surface area contributed by atoms with Crippen molar-refractivity contribution in [1.29, 1.82) is 0 Å². The van der Waals surface area contributed by atoms with Crippen LogP contribution in [0.25, 0.3) is 6.08 Å². The molecule has 3 nitrogen and oxygen atoms in total. The Morgan fingerprint density at radius 1 is 0.778 bits per heavy atom. The Morgan fingerprint density at radius 3 is 2.00 bits per heavy atom. The molecule has 1 heterocycles. The average molecular weight is 482 g/mol. The van der Waals surface area contributed by atoms with Gasteiger partial charge in [0.1, 0.15) is 5.71 Å². The van der Waals surface area contributed by atoms with Crippen LogP contribution in [0.5, 0.6) is 0 Å². The standard InChI is InChI=1S/C22H14Br2N2O/c23-17-8-6-15(7-9-17)14-20-21(16-4-2-1-3-5-16)25-26(22(20)27)19-12-10-18(24)11-13-19/h1-14H/b20-14+. The SMILES string of the molecule is O=C1/C(=C/c2ccc(Br)cc2)C(c2ccccc2)=NN1c1ccc(Br)cc1. The fourth-order valence-electron chi connectivity index (χ4n) is 2.84. The fourth-order valence-corrected chi connectivity index (χ4v) is 3.37. The van der Waals surface area contributed by atoms with Gasteiger partial charge in [-0.25, -0.2) is 0 Å². The molecule has 0 bridgehead atoms. The summed E-state index contributed by atoms with van der Waals surface area (Å²) in [5.41, 5.74) is 3.84. The van der Waals surface area contributed by atoms with E-state index in [1.165, 1.54) is 5.01 Å². The lowest BCUT2D eigenvalue weighted by Gasteiger charge is -2.11. The number of anilines is 1. The summed E-state index contributed by atoms with van der Waals surface area (Å²) in [6.07, 6.45) is 1.89. The monoisotopic (exact) mass is 480 g/mol. The second-order valence-electron chi connectivity index (χ2n) is 6.02. The Balaban J connectivity index is 1.81. The lowest BCUT2D eigenvalue weighted by Crippen LogP contribution is -2.21. The average Bonchev–Trinajstić information content (AvgIpc) is 3.01. The second-order valence-corrected chi connectivity index (χ2v) is 7.85. The third-order valence-corrected chi connectivity index (χ3v) is 5.23. The quantitative estimate of drug-likeness (QED) is 0.419. The van der Waals surface area contributed by atoms with E-state index in [-0.39, 0.29) is 5.91 Å². The molecule has 0 spiro atoms. The van der Waals surface area contributed by atoms with Crippen LogP contribution in [0.1, 0.15) is 11.1 Å². The molecule has 0 N–H and O–H groups in total. The third kappa shape index (κ3) is 3.80. The molecule has 132 valence electrons. The Morgan fingerprint density at radius 2 is 1.37 bits per heavy atom. The Hall–Kier alpha value is -2.50. The molecule has 0 atom stereocenters. The topological polar surface area (TPSA) is 32.7 Å². The van der Waals surface area contributed by atoms with Crippen LogP contribution in [-0.4, -0.2) is 11.6 Å². The normalized spacial score (nSPS) is 15.3. The first-order valence-corrected chi connectivity index (χ1v) is 9.92. The van der Waals surface area contributed by atoms with Crippen molar-refractivity contribution in [2.45, 2.75) is 0 Å². The highest BCUT2D eigenvalue weighted by atomic mass is 79.9. The maximum absolute atomic E-state index is 13.2. The van der Waals surface area contributed by atoms with Crippen LogP contribution < -0.4 is 5.01 Å². The van der Waals surface area contributed by atoms with E-state index in [0.29, 0.717) is 11.3 Å². The summed E-state index contributed by atoms with van der Waals surface area (Å²) in [6, 6.07) is 25.2. The molecule has 1 aliphatic rings. The lowest BCUT2D eigenvalue weighted by molar-refractivity contribution is -0.114. The van der Waals surface area contributed by atoms with Gasteiger partial charge in [0.25, 0.3) is 5.91 Å². The number of hydrazone groups is 1. The van der Waals surface area contributed by atoms with Gasteiger partial charge in [0.2, 0.25) is 0 Å². The summed E-state index contributed by atoms with van der Waals surface area (Å²) < 4.78 is 1.95. The predicted octanol–water partition coefficient (Wildman–Crippen LogP) is 6.05. The molecule has 3 aromatic rings. The number of carbonyl (C=O) groups excluding carboxylic acids is 1. The number of carbonyl (C=O) groups is 1. The number of nitrogens with zero attached hydrogens (tertiary/aromatic N) is 2. The van der Waals surface area contributed by atoms with Crippen LogP contribution in [-0.2, 0) is 4.79 Å². The third-order valence-electron chi connectivity index (χ3n) is 4.18. The zero-order chi connectivity index (χ0) is 18.8. The summed E-state index contributed by atoms with van der Waals surface area (Å²) in [6.45, 7) is 0. The fraction of sp³-hybridized carbons (Fsp3) is 0. The van der Waals surface area contributed by atoms with Crippen LogP contribution in [0.2, 0.25) is 0 Å². The molecule has 27 heavy (non-hydrogen) atoms. The summed E-state index contributed by atoms with van der Waals surface area (Å²) in [5.74, 6) is -0.140. The largest absolute Gasteiger partial charge is 0.281 e. The first-order valence-electron chi connectivity index (χ1n) is 8.33. The van der Waals surface area contributed by atoms with E-state index < -0.39 is 0 Å². The first kappa shape index (κ1) is 17.9. The Labute approximate surface area is 174 Å². The van der Waals surface area contributed by atoms with Crippen molar-refractivity contribution in [3.8, 4) is 0 Å². The van der Waals surface area contributed by atoms with Gasteiger partial charge in [-0.05, 0) is 48.0 Å². The molecule has 0 unspecified atom stereocenters. The van der Waals surface area contributed by atoms with E-state index >= 15 is 0 Å². The zero-order valence-electron chi connectivity index (χ0n) is 14.1. The van der Waals surface area contributed by atoms with Gasteiger partial charge in [0.05, 0.1) is 11.3 Å². The number of benzene rings is 3. The molecule has 0 saturated heterocycles. The maximum Gasteiger partial charge on any atom is 0.281 e. The lowest BCUT2D eigenvalue weighted by atomic mass is 10.0. The van der Waals surface area contributed by atoms with Crippen LogP contribution in [0.4, 0.5) is 5.69 Å². The van der Waals surface area contributed by atoms with Crippen molar-refractivity contribution in [2.24, 2.45) is 5.10 Å². The van der Waals surface area contributed by atoms with Crippen molar-refractivity contribution in [3.63, 3.8) is 0 Å². The van der Waals surface area contributed by atoms with Gasteiger partial charge in [-0.3, -0.25) is 4.79 Å². The van der Waals surface area contributed by atoms with Crippen LogP contribution >= 0.6 is 31.9 Å². The van der Waals surface area contributed by atoms with Gasteiger partial charge in [0.15, 0.2) is 0 Å². The van der Waals surface area contributed by atoms with Gasteiger partial charge in [-0.15, -0.1) is 0 Å². The van der Waals surface area contributed by atoms with Gasteiger partial charge in [0, 0.05) is 14.5 Å². The van der Waals surface area contributed by atoms with Gasteiger partial charge in [-0.2, -0.15) is 10.1 Å². The van der Waals surface area contributed by atoms with E-state index in [1.54, 1.807) is 0 Å². The molecule has 0 saturated carbocycles. The molecule has 3 aromatic carbocycles. The molecule has 0 fully saturated rings. The molecule has 0 aliphatic carbocycles. The van der Waals surface area contributed by atoms with E-state index in [4.69, 9.17) is 0 Å². The second kappa shape index (κ2) is 7.62. The van der Waals surface area contributed by atoms with Crippen LogP contribution in [0.3, 0.4) is 0 Å². The molecule has 5 heteroatoms. The number of amides is 1. The molecular weight excluding hydrogens is 468 g/mol. The van der Waals surface area contributed by atoms with Crippen LogP contribution in [0, 0.1) is 0 Å². The van der Waals surface area contributed by atoms with E-state index in [0.717, 1.165) is 25.8 Å². The van der Waals surface area contributed by atoms with Crippen molar-refractivity contribution in [3.05, 3.63) is 105 Å². The number of hydrogen-bond donors (Lipinski definition) is 0. The highest BCUT2D eigenvalue weighted by Gasteiger charge is 2.31. The van der Waals surface area contributed by atoms with E-state index in [2.05, 4.69) is 37.0 Å². The van der Waals surface area contributed by atoms with Crippen molar-refractivity contribution < 1.29 is 4.79 Å². The Kier molecular flexibility index (Phi) is 5.05. The first-order chi connectivity index (χ1) is 13.1. The van der Waals surface area contributed by atoms with Crippen molar-refractivity contribution in [2.75, 3.05) is 5.01 Å². The molecule has 1 amide bonds. The molecule has 0 aromatic heterocycles. The number of rotatable bonds is 3. The summed E-state index contributed by atoms with van der Waals surface area (Å²) >= 11 is 6.87. The molecular formula is C22H14Br2N2O. The minimum Gasteiger partial charge on any atom is -0.267 e. The van der Waals surface area contributed by atoms with Crippen molar-refractivity contribution in [1.82, 2.24) is 0 Å². The smallest absolute Gasteiger partial charge is 0.267 e. The molecule has 1 aliphatic heterocycles. The minimum atomic E-state index is -0.140. The minimum absolute atomic E-state index is 0.140.